The van der Waals surface area contributed by atoms with Gasteiger partial charge < -0.3 is 14.8 Å². The van der Waals surface area contributed by atoms with E-state index in [-0.39, 0.29) is 6.61 Å². The van der Waals surface area contributed by atoms with Crippen LogP contribution in [-0.2, 0) is 9.53 Å². The molecule has 90 valence electrons. The van der Waals surface area contributed by atoms with Gasteiger partial charge in [0, 0.05) is 22.7 Å². The van der Waals surface area contributed by atoms with Crippen molar-refractivity contribution in [1.29, 1.82) is 0 Å². The van der Waals surface area contributed by atoms with E-state index >= 15 is 0 Å². The van der Waals surface area contributed by atoms with Crippen LogP contribution in [0.15, 0.2) is 24.4 Å². The van der Waals surface area contributed by atoms with E-state index in [0.29, 0.717) is 16.0 Å². The number of aromatic nitrogens is 1. The summed E-state index contributed by atoms with van der Waals surface area (Å²) in [5.74, 6) is -0.673. The predicted octanol–water partition coefficient (Wildman–Crippen LogP) is 2.42. The maximum Gasteiger partial charge on any atom is 0.339 e. The lowest BCUT2D eigenvalue weighted by molar-refractivity contribution is -0.153. The van der Waals surface area contributed by atoms with Crippen molar-refractivity contribution in [3.63, 3.8) is 0 Å². The summed E-state index contributed by atoms with van der Waals surface area (Å²) in [4.78, 5) is 14.4. The first-order chi connectivity index (χ1) is 8.15. The van der Waals surface area contributed by atoms with Crippen molar-refractivity contribution in [2.24, 2.45) is 0 Å². The highest BCUT2D eigenvalue weighted by Crippen LogP contribution is 2.30. The molecule has 0 radical (unpaired) electrons. The Kier molecular flexibility index (Phi) is 3.36. The summed E-state index contributed by atoms with van der Waals surface area (Å²) in [6.07, 6.45) is 0.251. The maximum atomic E-state index is 11.5. The third-order valence-electron chi connectivity index (χ3n) is 2.49. The molecule has 1 aromatic carbocycles. The van der Waals surface area contributed by atoms with Crippen LogP contribution in [0.5, 0.6) is 0 Å². The second-order valence-electron chi connectivity index (χ2n) is 3.56. The largest absolute Gasteiger partial charge is 0.464 e. The fourth-order valence-electron chi connectivity index (χ4n) is 1.73. The molecule has 0 aliphatic rings. The third-order valence-corrected chi connectivity index (χ3v) is 2.80. The molecule has 0 bridgehead atoms. The molecule has 2 rings (SSSR count). The Hall–Kier alpha value is -1.52. The number of fused-ring (bicyclic) bond motifs is 1. The molecule has 0 aliphatic heterocycles. The number of nitrogens with one attached hydrogen (secondary N) is 1. The van der Waals surface area contributed by atoms with Crippen LogP contribution in [0.2, 0.25) is 5.02 Å². The van der Waals surface area contributed by atoms with Crippen molar-refractivity contribution in [1.82, 2.24) is 4.98 Å². The van der Waals surface area contributed by atoms with Crippen LogP contribution in [0, 0.1) is 0 Å². The molecule has 17 heavy (non-hydrogen) atoms. The average molecular weight is 254 g/mol. The lowest BCUT2D eigenvalue weighted by Crippen LogP contribution is -2.15. The Labute approximate surface area is 103 Å². The molecular weight excluding hydrogens is 242 g/mol. The summed E-state index contributed by atoms with van der Waals surface area (Å²) < 4.78 is 4.77. The van der Waals surface area contributed by atoms with Crippen LogP contribution in [0.3, 0.4) is 0 Å². The van der Waals surface area contributed by atoms with Gasteiger partial charge in [-0.05, 0) is 19.1 Å². The number of carbonyl (C=O) groups is 1. The van der Waals surface area contributed by atoms with E-state index in [1.807, 2.05) is 6.07 Å². The molecule has 5 heteroatoms. The van der Waals surface area contributed by atoms with Gasteiger partial charge in [0.2, 0.25) is 0 Å². The minimum absolute atomic E-state index is 0.228. The Morgan fingerprint density at radius 3 is 3.06 bits per heavy atom. The minimum Gasteiger partial charge on any atom is -0.464 e. The number of aliphatic hydroxyl groups is 1. The molecule has 1 aromatic heterocycles. The SMILES string of the molecule is CCOC(=O)C(O)c1c[nH]c2cccc(Cl)c12. The highest BCUT2D eigenvalue weighted by molar-refractivity contribution is 6.35. The minimum atomic E-state index is -1.32. The predicted molar refractivity (Wildman–Crippen MR) is 64.9 cm³/mol. The van der Waals surface area contributed by atoms with Gasteiger partial charge >= 0.3 is 5.97 Å². The van der Waals surface area contributed by atoms with E-state index in [0.717, 1.165) is 5.52 Å². The van der Waals surface area contributed by atoms with E-state index in [2.05, 4.69) is 4.98 Å². The van der Waals surface area contributed by atoms with E-state index in [1.54, 1.807) is 25.3 Å². The Morgan fingerprint density at radius 1 is 1.59 bits per heavy atom. The van der Waals surface area contributed by atoms with Crippen molar-refractivity contribution in [3.8, 4) is 0 Å². The number of aliphatic hydroxyl groups excluding tert-OH is 1. The standard InChI is InChI=1S/C12H12ClNO3/c1-2-17-12(16)11(15)7-6-14-9-5-3-4-8(13)10(7)9/h3-6,11,14-15H,2H2,1H3. The molecular formula is C12H12ClNO3. The summed E-state index contributed by atoms with van der Waals surface area (Å²) in [6, 6.07) is 5.32. The van der Waals surface area contributed by atoms with Crippen LogP contribution >= 0.6 is 11.6 Å². The Bertz CT molecular complexity index is 550. The van der Waals surface area contributed by atoms with Crippen LogP contribution in [0.1, 0.15) is 18.6 Å². The van der Waals surface area contributed by atoms with Crippen LogP contribution in [0.25, 0.3) is 10.9 Å². The van der Waals surface area contributed by atoms with Crippen molar-refractivity contribution in [2.45, 2.75) is 13.0 Å². The van der Waals surface area contributed by atoms with Crippen molar-refractivity contribution in [2.75, 3.05) is 6.61 Å². The first-order valence-corrected chi connectivity index (χ1v) is 5.63. The molecule has 0 aliphatic carbocycles. The quantitative estimate of drug-likeness (QED) is 0.826. The zero-order chi connectivity index (χ0) is 12.4. The number of H-pyrrole nitrogens is 1. The second-order valence-corrected chi connectivity index (χ2v) is 3.97. The summed E-state index contributed by atoms with van der Waals surface area (Å²) in [6.45, 7) is 1.92. The van der Waals surface area contributed by atoms with Gasteiger partial charge in [0.25, 0.3) is 0 Å². The summed E-state index contributed by atoms with van der Waals surface area (Å²) in [5.41, 5.74) is 1.21. The van der Waals surface area contributed by atoms with Gasteiger partial charge in [-0.2, -0.15) is 0 Å². The number of hydrogen-bond donors (Lipinski definition) is 2. The molecule has 0 saturated carbocycles. The fourth-order valence-corrected chi connectivity index (χ4v) is 2.01. The molecule has 0 spiro atoms. The van der Waals surface area contributed by atoms with Gasteiger partial charge in [-0.25, -0.2) is 4.79 Å². The first-order valence-electron chi connectivity index (χ1n) is 5.25. The van der Waals surface area contributed by atoms with Gasteiger partial charge in [-0.1, -0.05) is 17.7 Å². The summed E-state index contributed by atoms with van der Waals surface area (Å²) >= 11 is 6.05. The molecule has 4 nitrogen and oxygen atoms in total. The van der Waals surface area contributed by atoms with E-state index < -0.39 is 12.1 Å². The van der Waals surface area contributed by atoms with E-state index in [1.165, 1.54) is 0 Å². The van der Waals surface area contributed by atoms with Gasteiger partial charge in [-0.15, -0.1) is 0 Å². The third kappa shape index (κ3) is 2.14. The number of esters is 1. The smallest absolute Gasteiger partial charge is 0.339 e. The fraction of sp³-hybridized carbons (Fsp3) is 0.250. The molecule has 0 amide bonds. The number of benzene rings is 1. The molecule has 2 N–H and O–H groups in total. The van der Waals surface area contributed by atoms with Gasteiger partial charge in [-0.3, -0.25) is 0 Å². The van der Waals surface area contributed by atoms with Gasteiger partial charge in [0.1, 0.15) is 0 Å². The van der Waals surface area contributed by atoms with Crippen molar-refractivity contribution >= 4 is 28.5 Å². The number of hydrogen-bond acceptors (Lipinski definition) is 3. The molecule has 2 aromatic rings. The number of aromatic amines is 1. The Balaban J connectivity index is 2.45. The highest BCUT2D eigenvalue weighted by Gasteiger charge is 2.22. The lowest BCUT2D eigenvalue weighted by atomic mass is 10.1. The topological polar surface area (TPSA) is 62.3 Å². The molecule has 1 heterocycles. The molecule has 0 fully saturated rings. The molecule has 1 unspecified atom stereocenters. The maximum absolute atomic E-state index is 11.5. The second kappa shape index (κ2) is 4.77. The molecule has 1 atom stereocenters. The van der Waals surface area contributed by atoms with Crippen molar-refractivity contribution < 1.29 is 14.6 Å². The summed E-state index contributed by atoms with van der Waals surface area (Å²) in [7, 11) is 0. The van der Waals surface area contributed by atoms with Crippen LogP contribution in [-0.4, -0.2) is 22.7 Å². The normalized spacial score (nSPS) is 12.6. The first kappa shape index (κ1) is 12.0. The van der Waals surface area contributed by atoms with Gasteiger partial charge in [0.15, 0.2) is 6.10 Å². The monoisotopic (exact) mass is 253 g/mol. The zero-order valence-electron chi connectivity index (χ0n) is 9.24. The Morgan fingerprint density at radius 2 is 2.35 bits per heavy atom. The lowest BCUT2D eigenvalue weighted by Gasteiger charge is -2.09. The van der Waals surface area contributed by atoms with Crippen LogP contribution in [0.4, 0.5) is 0 Å². The zero-order valence-corrected chi connectivity index (χ0v) is 9.99. The summed E-state index contributed by atoms with van der Waals surface area (Å²) in [5, 5.41) is 11.0. The van der Waals surface area contributed by atoms with E-state index in [9.17, 15) is 9.90 Å². The van der Waals surface area contributed by atoms with Crippen LogP contribution < -0.4 is 0 Å². The number of halogens is 1. The van der Waals surface area contributed by atoms with Gasteiger partial charge in [0.05, 0.1) is 11.6 Å². The van der Waals surface area contributed by atoms with E-state index in [4.69, 9.17) is 16.3 Å². The highest BCUT2D eigenvalue weighted by atomic mass is 35.5. The number of rotatable bonds is 3. The number of ether oxygens (including phenoxy) is 1. The van der Waals surface area contributed by atoms with Crippen molar-refractivity contribution in [3.05, 3.63) is 35.0 Å². The molecule has 0 saturated heterocycles. The number of carbonyl (C=O) groups excluding carboxylic acids is 1. The average Bonchev–Trinajstić information content (AvgIpc) is 2.73.